The standard InChI is InChI=1S/C15H18ClFN4S.ClH/c16-14-7-12(17)2-1-11(14)9-20-3-5-21(6-4-20)10-13-8-19-15(18)22-13;/h1-2,7-8H,3-6,9-10H2,(H2,18,19);1H. The van der Waals surface area contributed by atoms with Gasteiger partial charge in [0.1, 0.15) is 5.82 Å². The zero-order chi connectivity index (χ0) is 15.5. The summed E-state index contributed by atoms with van der Waals surface area (Å²) < 4.78 is 13.1. The van der Waals surface area contributed by atoms with Crippen molar-refractivity contribution >= 4 is 40.5 Å². The van der Waals surface area contributed by atoms with Crippen LogP contribution in [0.5, 0.6) is 0 Å². The van der Waals surface area contributed by atoms with Gasteiger partial charge in [0, 0.05) is 55.4 Å². The Morgan fingerprint density at radius 1 is 1.17 bits per heavy atom. The molecule has 1 saturated heterocycles. The van der Waals surface area contributed by atoms with Gasteiger partial charge >= 0.3 is 0 Å². The molecular weight excluding hydrogens is 358 g/mol. The summed E-state index contributed by atoms with van der Waals surface area (Å²) in [6.07, 6.45) is 1.85. The van der Waals surface area contributed by atoms with Crippen LogP contribution in [0.25, 0.3) is 0 Å². The molecule has 8 heteroatoms. The maximum atomic E-state index is 13.1. The average molecular weight is 377 g/mol. The summed E-state index contributed by atoms with van der Waals surface area (Å²) in [7, 11) is 0. The molecule has 1 fully saturated rings. The summed E-state index contributed by atoms with van der Waals surface area (Å²) in [6, 6.07) is 4.61. The van der Waals surface area contributed by atoms with Gasteiger partial charge in [-0.3, -0.25) is 9.80 Å². The molecule has 1 aromatic carbocycles. The molecule has 1 aromatic heterocycles. The van der Waals surface area contributed by atoms with E-state index in [0.29, 0.717) is 10.2 Å². The SMILES string of the molecule is Cl.Nc1ncc(CN2CCN(Cc3ccc(F)cc3Cl)CC2)s1. The molecule has 0 aliphatic carbocycles. The molecule has 23 heavy (non-hydrogen) atoms. The number of piperazine rings is 1. The number of nitrogens with zero attached hydrogens (tertiary/aromatic N) is 3. The van der Waals surface area contributed by atoms with Crippen molar-refractivity contribution in [3.8, 4) is 0 Å². The second-order valence-electron chi connectivity index (χ2n) is 5.45. The summed E-state index contributed by atoms with van der Waals surface area (Å²) in [6.45, 7) is 5.61. The lowest BCUT2D eigenvalue weighted by molar-refractivity contribution is 0.123. The Hall–Kier alpha value is -0.920. The van der Waals surface area contributed by atoms with Crippen molar-refractivity contribution in [2.45, 2.75) is 13.1 Å². The second-order valence-corrected chi connectivity index (χ2v) is 7.01. The molecule has 126 valence electrons. The van der Waals surface area contributed by atoms with Gasteiger partial charge in [-0.05, 0) is 17.7 Å². The summed E-state index contributed by atoms with van der Waals surface area (Å²) >= 11 is 7.64. The smallest absolute Gasteiger partial charge is 0.180 e. The van der Waals surface area contributed by atoms with Gasteiger partial charge in [-0.1, -0.05) is 17.7 Å². The van der Waals surface area contributed by atoms with Crippen molar-refractivity contribution in [2.75, 3.05) is 31.9 Å². The zero-order valence-corrected chi connectivity index (χ0v) is 14.9. The van der Waals surface area contributed by atoms with E-state index in [4.69, 9.17) is 17.3 Å². The van der Waals surface area contributed by atoms with Crippen molar-refractivity contribution < 1.29 is 4.39 Å². The van der Waals surface area contributed by atoms with Crippen LogP contribution in [0.1, 0.15) is 10.4 Å². The molecule has 0 unspecified atom stereocenters. The molecule has 1 aliphatic heterocycles. The van der Waals surface area contributed by atoms with E-state index in [1.165, 1.54) is 17.0 Å². The van der Waals surface area contributed by atoms with E-state index in [-0.39, 0.29) is 18.2 Å². The Balaban J connectivity index is 0.00000192. The van der Waals surface area contributed by atoms with Crippen LogP contribution in [0.15, 0.2) is 24.4 Å². The van der Waals surface area contributed by atoms with E-state index < -0.39 is 0 Å². The summed E-state index contributed by atoms with van der Waals surface area (Å²) in [5, 5.41) is 1.13. The fourth-order valence-electron chi connectivity index (χ4n) is 2.61. The number of anilines is 1. The molecule has 1 aliphatic rings. The van der Waals surface area contributed by atoms with Gasteiger partial charge in [-0.15, -0.1) is 23.7 Å². The lowest BCUT2D eigenvalue weighted by atomic mass is 10.2. The van der Waals surface area contributed by atoms with Gasteiger partial charge in [0.15, 0.2) is 5.13 Å². The van der Waals surface area contributed by atoms with Crippen LogP contribution in [0.3, 0.4) is 0 Å². The van der Waals surface area contributed by atoms with Crippen LogP contribution in [0.4, 0.5) is 9.52 Å². The van der Waals surface area contributed by atoms with E-state index in [1.54, 1.807) is 17.4 Å². The Bertz CT molecular complexity index is 644. The molecule has 4 nitrogen and oxygen atoms in total. The first-order chi connectivity index (χ1) is 10.6. The molecule has 0 atom stereocenters. The van der Waals surface area contributed by atoms with Crippen LogP contribution in [0, 0.1) is 5.82 Å². The summed E-state index contributed by atoms with van der Waals surface area (Å²) in [4.78, 5) is 10.0. The van der Waals surface area contributed by atoms with E-state index >= 15 is 0 Å². The minimum atomic E-state index is -0.289. The Labute approximate surface area is 150 Å². The van der Waals surface area contributed by atoms with Crippen LogP contribution in [-0.2, 0) is 13.1 Å². The Morgan fingerprint density at radius 2 is 1.83 bits per heavy atom. The van der Waals surface area contributed by atoms with Crippen LogP contribution < -0.4 is 5.73 Å². The summed E-state index contributed by atoms with van der Waals surface area (Å²) in [5.41, 5.74) is 6.64. The number of hydrogen-bond acceptors (Lipinski definition) is 5. The molecule has 0 amide bonds. The fraction of sp³-hybridized carbons (Fsp3) is 0.400. The first-order valence-corrected chi connectivity index (χ1v) is 8.38. The topological polar surface area (TPSA) is 45.4 Å². The predicted octanol–water partition coefficient (Wildman–Crippen LogP) is 3.26. The van der Waals surface area contributed by atoms with Gasteiger partial charge in [0.2, 0.25) is 0 Å². The third-order valence-corrected chi connectivity index (χ3v) is 4.99. The number of thiazole rings is 1. The Kier molecular flexibility index (Phi) is 6.61. The van der Waals surface area contributed by atoms with Gasteiger partial charge in [-0.2, -0.15) is 0 Å². The molecule has 0 bridgehead atoms. The largest absolute Gasteiger partial charge is 0.375 e. The maximum Gasteiger partial charge on any atom is 0.180 e. The number of aromatic nitrogens is 1. The fourth-order valence-corrected chi connectivity index (χ4v) is 3.57. The second kappa shape index (κ2) is 8.26. The molecule has 0 radical (unpaired) electrons. The van der Waals surface area contributed by atoms with E-state index in [2.05, 4.69) is 14.8 Å². The van der Waals surface area contributed by atoms with Crippen LogP contribution >= 0.6 is 35.3 Å². The molecule has 3 rings (SSSR count). The number of halogens is 3. The highest BCUT2D eigenvalue weighted by atomic mass is 35.5. The number of nitrogen functional groups attached to an aromatic ring is 1. The van der Waals surface area contributed by atoms with Gasteiger partial charge < -0.3 is 5.73 Å². The van der Waals surface area contributed by atoms with Crippen molar-refractivity contribution in [1.82, 2.24) is 14.8 Å². The third-order valence-electron chi connectivity index (χ3n) is 3.82. The van der Waals surface area contributed by atoms with Crippen LogP contribution in [-0.4, -0.2) is 41.0 Å². The number of nitrogens with two attached hydrogens (primary N) is 1. The van der Waals surface area contributed by atoms with Crippen molar-refractivity contribution in [3.63, 3.8) is 0 Å². The third kappa shape index (κ3) is 5.02. The number of hydrogen-bond donors (Lipinski definition) is 1. The molecule has 2 N–H and O–H groups in total. The van der Waals surface area contributed by atoms with Crippen molar-refractivity contribution in [1.29, 1.82) is 0 Å². The minimum absolute atomic E-state index is 0. The highest BCUT2D eigenvalue weighted by molar-refractivity contribution is 7.15. The monoisotopic (exact) mass is 376 g/mol. The number of rotatable bonds is 4. The average Bonchev–Trinajstić information content (AvgIpc) is 2.89. The highest BCUT2D eigenvalue weighted by Crippen LogP contribution is 2.21. The molecular formula is C15H19Cl2FN4S. The van der Waals surface area contributed by atoms with Gasteiger partial charge in [-0.25, -0.2) is 9.37 Å². The van der Waals surface area contributed by atoms with Crippen molar-refractivity contribution in [3.05, 3.63) is 45.7 Å². The van der Waals surface area contributed by atoms with E-state index in [9.17, 15) is 4.39 Å². The Morgan fingerprint density at radius 3 is 2.39 bits per heavy atom. The molecule has 2 heterocycles. The normalized spacial score (nSPS) is 16.3. The lowest BCUT2D eigenvalue weighted by Gasteiger charge is -2.34. The first kappa shape index (κ1) is 18.4. The van der Waals surface area contributed by atoms with Gasteiger partial charge in [0.25, 0.3) is 0 Å². The lowest BCUT2D eigenvalue weighted by Crippen LogP contribution is -2.45. The molecule has 2 aromatic rings. The summed E-state index contributed by atoms with van der Waals surface area (Å²) in [5.74, 6) is -0.289. The molecule has 0 saturated carbocycles. The minimum Gasteiger partial charge on any atom is -0.375 e. The van der Waals surface area contributed by atoms with E-state index in [1.807, 2.05) is 6.20 Å². The van der Waals surface area contributed by atoms with Gasteiger partial charge in [0.05, 0.1) is 0 Å². The quantitative estimate of drug-likeness (QED) is 0.889. The van der Waals surface area contributed by atoms with Crippen molar-refractivity contribution in [2.24, 2.45) is 0 Å². The predicted molar refractivity (Wildman–Crippen MR) is 95.7 cm³/mol. The highest BCUT2D eigenvalue weighted by Gasteiger charge is 2.18. The maximum absolute atomic E-state index is 13.1. The number of benzene rings is 1. The van der Waals surface area contributed by atoms with E-state index in [0.717, 1.165) is 44.8 Å². The first-order valence-electron chi connectivity index (χ1n) is 7.19. The van der Waals surface area contributed by atoms with Crippen LogP contribution in [0.2, 0.25) is 5.02 Å². The zero-order valence-electron chi connectivity index (χ0n) is 12.5. The molecule has 0 spiro atoms.